The molecule has 0 atom stereocenters. The van der Waals surface area contributed by atoms with Gasteiger partial charge in [-0.05, 0) is 45.5 Å². The maximum absolute atomic E-state index is 12.2. The maximum atomic E-state index is 12.2. The predicted octanol–water partition coefficient (Wildman–Crippen LogP) is 1.18. The van der Waals surface area contributed by atoms with Gasteiger partial charge in [-0.3, -0.25) is 4.79 Å². The summed E-state index contributed by atoms with van der Waals surface area (Å²) in [5, 5.41) is 5.67. The van der Waals surface area contributed by atoms with E-state index in [-0.39, 0.29) is 10.8 Å². The lowest BCUT2D eigenvalue weighted by Crippen LogP contribution is -2.48. The van der Waals surface area contributed by atoms with Crippen LogP contribution in [-0.4, -0.2) is 45.3 Å². The van der Waals surface area contributed by atoms with Crippen molar-refractivity contribution < 1.29 is 13.2 Å². The van der Waals surface area contributed by atoms with Crippen molar-refractivity contribution in [2.45, 2.75) is 31.2 Å². The van der Waals surface area contributed by atoms with Gasteiger partial charge in [-0.15, -0.1) is 0 Å². The van der Waals surface area contributed by atoms with E-state index in [1.54, 1.807) is 27.0 Å². The summed E-state index contributed by atoms with van der Waals surface area (Å²) in [6, 6.07) is 4.69. The highest BCUT2D eigenvalue weighted by molar-refractivity contribution is 7.89. The molecule has 0 unspecified atom stereocenters. The van der Waals surface area contributed by atoms with Crippen molar-refractivity contribution in [3.63, 3.8) is 0 Å². The third-order valence-corrected chi connectivity index (χ3v) is 5.24. The largest absolute Gasteiger partial charge is 0.324 e. The van der Waals surface area contributed by atoms with Crippen molar-refractivity contribution in [2.75, 3.05) is 26.5 Å². The number of carbonyl (C=O) groups is 1. The van der Waals surface area contributed by atoms with Gasteiger partial charge in [0.25, 0.3) is 0 Å². The van der Waals surface area contributed by atoms with Crippen LogP contribution >= 0.6 is 0 Å². The van der Waals surface area contributed by atoms with Crippen LogP contribution in [-0.2, 0) is 14.8 Å². The molecule has 0 aliphatic heterocycles. The molecule has 0 saturated heterocycles. The number of likely N-dealkylation sites (N-methyl/N-ethyl adjacent to an activating group) is 1. The van der Waals surface area contributed by atoms with Crippen molar-refractivity contribution in [3.05, 3.63) is 23.8 Å². The number of nitrogens with one attached hydrogen (secondary N) is 2. The van der Waals surface area contributed by atoms with Gasteiger partial charge in [-0.2, -0.15) is 0 Å². The zero-order valence-electron chi connectivity index (χ0n) is 13.3. The summed E-state index contributed by atoms with van der Waals surface area (Å²) in [4.78, 5) is 12.3. The predicted molar refractivity (Wildman–Crippen MR) is 83.8 cm³/mol. The molecule has 0 heterocycles. The molecule has 1 rings (SSSR count). The Labute approximate surface area is 126 Å². The van der Waals surface area contributed by atoms with Gasteiger partial charge in [0.05, 0.1) is 10.4 Å². The number of benzene rings is 1. The first-order valence-electron chi connectivity index (χ1n) is 6.56. The van der Waals surface area contributed by atoms with Crippen molar-refractivity contribution >= 4 is 21.6 Å². The molecule has 0 aliphatic carbocycles. The second-order valence-electron chi connectivity index (χ2n) is 5.59. The molecule has 0 aliphatic rings. The quantitative estimate of drug-likeness (QED) is 0.855. The fourth-order valence-electron chi connectivity index (χ4n) is 1.50. The van der Waals surface area contributed by atoms with Gasteiger partial charge in [0.15, 0.2) is 0 Å². The van der Waals surface area contributed by atoms with Gasteiger partial charge in [0, 0.05) is 19.8 Å². The molecule has 0 saturated carbocycles. The van der Waals surface area contributed by atoms with Gasteiger partial charge in [-0.1, -0.05) is 6.07 Å². The van der Waals surface area contributed by atoms with Crippen LogP contribution in [0.3, 0.4) is 0 Å². The molecular weight excluding hydrogens is 290 g/mol. The highest BCUT2D eigenvalue weighted by atomic mass is 32.2. The van der Waals surface area contributed by atoms with Gasteiger partial charge in [0.2, 0.25) is 15.9 Å². The Hall–Kier alpha value is -1.44. The molecule has 1 aromatic carbocycles. The van der Waals surface area contributed by atoms with E-state index in [0.717, 1.165) is 9.87 Å². The molecule has 6 nitrogen and oxygen atoms in total. The number of hydrogen-bond donors (Lipinski definition) is 2. The molecule has 0 bridgehead atoms. The molecule has 7 heteroatoms. The second-order valence-corrected chi connectivity index (χ2v) is 7.75. The van der Waals surface area contributed by atoms with Gasteiger partial charge >= 0.3 is 0 Å². The highest BCUT2D eigenvalue weighted by Crippen LogP contribution is 2.22. The van der Waals surface area contributed by atoms with Crippen molar-refractivity contribution in [3.8, 4) is 0 Å². The van der Waals surface area contributed by atoms with Gasteiger partial charge < -0.3 is 10.6 Å². The van der Waals surface area contributed by atoms with E-state index in [1.807, 2.05) is 6.92 Å². The zero-order chi connectivity index (χ0) is 16.4. The van der Waals surface area contributed by atoms with Crippen LogP contribution in [0.5, 0.6) is 0 Å². The normalized spacial score (nSPS) is 12.5. The topological polar surface area (TPSA) is 78.5 Å². The Balaban J connectivity index is 3.19. The SMILES string of the molecule is CNC(C)(C)C(=O)Nc1cc(S(=O)(=O)N(C)C)ccc1C. The molecule has 1 amide bonds. The average molecular weight is 313 g/mol. The average Bonchev–Trinajstić information content (AvgIpc) is 2.40. The Bertz CT molecular complexity index is 637. The standard InChI is InChI=1S/C14H23N3O3S/c1-10-7-8-11(21(19,20)17(5)6)9-12(10)16-13(18)14(2,3)15-4/h7-9,15H,1-6H3,(H,16,18). The van der Waals surface area contributed by atoms with Crippen molar-refractivity contribution in [1.29, 1.82) is 0 Å². The van der Waals surface area contributed by atoms with E-state index in [9.17, 15) is 13.2 Å². The number of hydrogen-bond acceptors (Lipinski definition) is 4. The summed E-state index contributed by atoms with van der Waals surface area (Å²) in [5.41, 5.74) is 0.544. The number of amides is 1. The highest BCUT2D eigenvalue weighted by Gasteiger charge is 2.26. The Morgan fingerprint density at radius 3 is 2.29 bits per heavy atom. The maximum Gasteiger partial charge on any atom is 0.244 e. The summed E-state index contributed by atoms with van der Waals surface area (Å²) in [7, 11) is 1.11. The van der Waals surface area contributed by atoms with Crippen LogP contribution < -0.4 is 10.6 Å². The number of anilines is 1. The molecule has 2 N–H and O–H groups in total. The van der Waals surface area contributed by atoms with Crippen LogP contribution in [0, 0.1) is 6.92 Å². The fraction of sp³-hybridized carbons (Fsp3) is 0.500. The van der Waals surface area contributed by atoms with Gasteiger partial charge in [0.1, 0.15) is 0 Å². The third-order valence-electron chi connectivity index (χ3n) is 3.43. The van der Waals surface area contributed by atoms with Crippen LogP contribution in [0.25, 0.3) is 0 Å². The summed E-state index contributed by atoms with van der Waals surface area (Å²) < 4.78 is 25.4. The monoisotopic (exact) mass is 313 g/mol. The fourth-order valence-corrected chi connectivity index (χ4v) is 2.43. The van der Waals surface area contributed by atoms with E-state index < -0.39 is 15.6 Å². The van der Waals surface area contributed by atoms with Crippen molar-refractivity contribution in [1.82, 2.24) is 9.62 Å². The van der Waals surface area contributed by atoms with E-state index in [2.05, 4.69) is 10.6 Å². The molecule has 0 spiro atoms. The number of rotatable bonds is 5. The molecule has 0 radical (unpaired) electrons. The smallest absolute Gasteiger partial charge is 0.244 e. The first kappa shape index (κ1) is 17.6. The van der Waals surface area contributed by atoms with E-state index in [0.29, 0.717) is 5.69 Å². The molecular formula is C14H23N3O3S. The molecule has 0 aromatic heterocycles. The number of carbonyl (C=O) groups excluding carboxylic acids is 1. The lowest BCUT2D eigenvalue weighted by atomic mass is 10.0. The molecule has 0 fully saturated rings. The number of sulfonamides is 1. The third kappa shape index (κ3) is 3.81. The lowest BCUT2D eigenvalue weighted by Gasteiger charge is -2.23. The second kappa shape index (κ2) is 6.13. The Morgan fingerprint density at radius 2 is 1.81 bits per heavy atom. The van der Waals surface area contributed by atoms with E-state index in [4.69, 9.17) is 0 Å². The zero-order valence-corrected chi connectivity index (χ0v) is 14.1. The minimum absolute atomic E-state index is 0.149. The number of nitrogens with zero attached hydrogens (tertiary/aromatic N) is 1. The molecule has 21 heavy (non-hydrogen) atoms. The number of aryl methyl sites for hydroxylation is 1. The minimum atomic E-state index is -3.53. The summed E-state index contributed by atoms with van der Waals surface area (Å²) in [6.07, 6.45) is 0. The summed E-state index contributed by atoms with van der Waals surface area (Å²) >= 11 is 0. The first-order chi connectivity index (χ1) is 9.52. The van der Waals surface area contributed by atoms with Crippen LogP contribution in [0.1, 0.15) is 19.4 Å². The molecule has 1 aromatic rings. The minimum Gasteiger partial charge on any atom is -0.324 e. The Morgan fingerprint density at radius 1 is 1.24 bits per heavy atom. The molecule has 118 valence electrons. The summed E-state index contributed by atoms with van der Waals surface area (Å²) in [6.45, 7) is 5.31. The van der Waals surface area contributed by atoms with E-state index >= 15 is 0 Å². The Kier molecular flexibility index (Phi) is 5.14. The summed E-state index contributed by atoms with van der Waals surface area (Å²) in [5.74, 6) is -0.229. The van der Waals surface area contributed by atoms with Crippen LogP contribution in [0.4, 0.5) is 5.69 Å². The first-order valence-corrected chi connectivity index (χ1v) is 8.00. The van der Waals surface area contributed by atoms with Crippen LogP contribution in [0.2, 0.25) is 0 Å². The van der Waals surface area contributed by atoms with Gasteiger partial charge in [-0.25, -0.2) is 12.7 Å². The van der Waals surface area contributed by atoms with Crippen molar-refractivity contribution in [2.24, 2.45) is 0 Å². The van der Waals surface area contributed by atoms with Crippen LogP contribution in [0.15, 0.2) is 23.1 Å². The van der Waals surface area contributed by atoms with E-state index in [1.165, 1.54) is 26.2 Å². The lowest BCUT2D eigenvalue weighted by molar-refractivity contribution is -0.121.